The average molecular weight is 726 g/mol. The van der Waals surface area contributed by atoms with Crippen LogP contribution in [-0.2, 0) is 29.8 Å². The van der Waals surface area contributed by atoms with E-state index in [2.05, 4.69) is 25.8 Å². The van der Waals surface area contributed by atoms with E-state index in [9.17, 15) is 40.0 Å². The van der Waals surface area contributed by atoms with E-state index in [1.54, 1.807) is 45.2 Å². The number of fused-ring (bicyclic) bond motifs is 2. The van der Waals surface area contributed by atoms with Crippen LogP contribution in [0.2, 0.25) is 0 Å². The van der Waals surface area contributed by atoms with Gasteiger partial charge in [-0.1, -0.05) is 19.9 Å². The maximum atomic E-state index is 12.5. The Morgan fingerprint density at radius 1 is 0.653 bits per heavy atom. The molecule has 5 rings (SSSR count). The molecule has 0 aliphatic carbocycles. The van der Waals surface area contributed by atoms with Gasteiger partial charge in [-0.25, -0.2) is 16.8 Å². The summed E-state index contributed by atoms with van der Waals surface area (Å²) in [5.74, 6) is -1.34. The number of aromatic hydroxyl groups is 2. The number of benzene rings is 5. The van der Waals surface area contributed by atoms with Crippen LogP contribution in [0.25, 0.3) is 21.5 Å². The zero-order valence-electron chi connectivity index (χ0n) is 26.6. The molecule has 0 saturated heterocycles. The van der Waals surface area contributed by atoms with Gasteiger partial charge in [-0.15, -0.1) is 15.3 Å². The third-order valence-corrected chi connectivity index (χ3v) is 12.2. The second-order valence-corrected chi connectivity index (χ2v) is 16.8. The maximum absolute atomic E-state index is 12.5. The van der Waals surface area contributed by atoms with Gasteiger partial charge < -0.3 is 15.5 Å². The molecule has 0 spiro atoms. The highest BCUT2D eigenvalue weighted by Crippen LogP contribution is 2.45. The maximum Gasteiger partial charge on any atom is 0.295 e. The van der Waals surface area contributed by atoms with E-state index >= 15 is 0 Å². The Morgan fingerprint density at radius 3 is 1.84 bits per heavy atom. The highest BCUT2D eigenvalue weighted by Gasteiger charge is 2.24. The minimum Gasteiger partial charge on any atom is -0.505 e. The van der Waals surface area contributed by atoms with Crippen molar-refractivity contribution in [3.05, 3.63) is 72.3 Å². The Labute approximate surface area is 282 Å². The molecule has 14 nitrogen and oxygen atoms in total. The smallest absolute Gasteiger partial charge is 0.295 e. The first-order valence-corrected chi connectivity index (χ1v) is 19.4. The number of aryl methyl sites for hydroxylation is 1. The van der Waals surface area contributed by atoms with Crippen molar-refractivity contribution in [2.45, 2.75) is 35.5 Å². The van der Waals surface area contributed by atoms with E-state index in [1.807, 2.05) is 0 Å². The molecular formula is C32H31N5O9S3. The second kappa shape index (κ2) is 13.1. The molecule has 0 fully saturated rings. The minimum absolute atomic E-state index is 0.0185. The van der Waals surface area contributed by atoms with Gasteiger partial charge in [0.05, 0.1) is 32.7 Å². The summed E-state index contributed by atoms with van der Waals surface area (Å²) in [6, 6.07) is 15.5. The number of nitrogens with one attached hydrogen (secondary N) is 1. The summed E-state index contributed by atoms with van der Waals surface area (Å²) >= 11 is 0. The van der Waals surface area contributed by atoms with E-state index in [1.165, 1.54) is 43.3 Å². The molecule has 0 heterocycles. The summed E-state index contributed by atoms with van der Waals surface area (Å²) in [7, 11) is -10.6. The first-order chi connectivity index (χ1) is 23.0. The van der Waals surface area contributed by atoms with Gasteiger partial charge in [0, 0.05) is 23.2 Å². The highest BCUT2D eigenvalue weighted by molar-refractivity contribution is 7.91. The molecule has 0 radical (unpaired) electrons. The average Bonchev–Trinajstić information content (AvgIpc) is 3.07. The minimum atomic E-state index is -4.98. The summed E-state index contributed by atoms with van der Waals surface area (Å²) in [5.41, 5.74) is 1.75. The summed E-state index contributed by atoms with van der Waals surface area (Å²) < 4.78 is 83.8. The molecular weight excluding hydrogens is 695 g/mol. The molecule has 49 heavy (non-hydrogen) atoms. The number of nitrogens with zero attached hydrogens (tertiary/aromatic N) is 4. The summed E-state index contributed by atoms with van der Waals surface area (Å²) in [5, 5.41) is 42.5. The fraction of sp³-hybridized carbons (Fsp3) is 0.188. The summed E-state index contributed by atoms with van der Waals surface area (Å²) in [6.07, 6.45) is 0. The van der Waals surface area contributed by atoms with E-state index in [0.717, 1.165) is 6.07 Å². The van der Waals surface area contributed by atoms with Crippen molar-refractivity contribution >= 4 is 79.8 Å². The largest absolute Gasteiger partial charge is 0.505 e. The third kappa shape index (κ3) is 6.82. The van der Waals surface area contributed by atoms with Crippen LogP contribution in [0.5, 0.6) is 11.5 Å². The number of phenols is 2. The van der Waals surface area contributed by atoms with Gasteiger partial charge in [0.15, 0.2) is 31.2 Å². The quantitative estimate of drug-likeness (QED) is 0.0823. The standard InChI is InChI=1S/C32H31N5O9S3/c1-5-47(40,41)20-8-12-24(18(3)15-20)34-37-30-22-9-14-26(31(38)23(22)10-13-25(30)33-4)35-36-27-11-7-19-16-21(48(42,43)6-2)17-28(49(44,45)46)29(19)32(27)39/h7-17,33,38-39H,5-6H2,1-4H3,(H,44,45,46). The zero-order valence-corrected chi connectivity index (χ0v) is 29.0. The summed E-state index contributed by atoms with van der Waals surface area (Å²) in [6.45, 7) is 4.67. The number of rotatable bonds is 10. The molecule has 0 atom stereocenters. The first-order valence-electron chi connectivity index (χ1n) is 14.7. The summed E-state index contributed by atoms with van der Waals surface area (Å²) in [4.78, 5) is -0.980. The number of phenolic OH excluding ortho intramolecular Hbond substituents is 2. The zero-order chi connectivity index (χ0) is 35.9. The molecule has 5 aromatic rings. The Kier molecular flexibility index (Phi) is 9.48. The fourth-order valence-corrected chi connectivity index (χ4v) is 7.79. The fourth-order valence-electron chi connectivity index (χ4n) is 5.07. The predicted molar refractivity (Wildman–Crippen MR) is 186 cm³/mol. The van der Waals surface area contributed by atoms with E-state index < -0.39 is 40.4 Å². The van der Waals surface area contributed by atoms with Crippen LogP contribution < -0.4 is 5.32 Å². The van der Waals surface area contributed by atoms with Gasteiger partial charge >= 0.3 is 0 Å². The van der Waals surface area contributed by atoms with Crippen molar-refractivity contribution < 1.29 is 40.0 Å². The van der Waals surface area contributed by atoms with Crippen LogP contribution in [0.3, 0.4) is 0 Å². The molecule has 0 saturated carbocycles. The number of hydrogen-bond donors (Lipinski definition) is 4. The van der Waals surface area contributed by atoms with Gasteiger partial charge in [0.25, 0.3) is 10.1 Å². The normalized spacial score (nSPS) is 12.8. The van der Waals surface area contributed by atoms with Crippen molar-refractivity contribution in [1.82, 2.24) is 0 Å². The van der Waals surface area contributed by atoms with Crippen molar-refractivity contribution in [2.75, 3.05) is 23.9 Å². The Hall–Kier alpha value is -4.97. The Bertz CT molecular complexity index is 2550. The number of azo groups is 2. The number of sulfone groups is 2. The van der Waals surface area contributed by atoms with Crippen LogP contribution in [0, 0.1) is 6.92 Å². The van der Waals surface area contributed by atoms with E-state index in [0.29, 0.717) is 33.4 Å². The monoisotopic (exact) mass is 725 g/mol. The molecule has 0 amide bonds. The lowest BCUT2D eigenvalue weighted by molar-refractivity contribution is 0.474. The Balaban J connectivity index is 1.56. The highest BCUT2D eigenvalue weighted by atomic mass is 32.2. The van der Waals surface area contributed by atoms with Gasteiger partial charge in [-0.05, 0) is 78.5 Å². The molecule has 256 valence electrons. The van der Waals surface area contributed by atoms with Crippen LogP contribution in [0.4, 0.5) is 28.4 Å². The van der Waals surface area contributed by atoms with E-state index in [4.69, 9.17) is 0 Å². The van der Waals surface area contributed by atoms with Crippen LogP contribution in [-0.4, -0.2) is 58.6 Å². The lowest BCUT2D eigenvalue weighted by Gasteiger charge is -2.12. The first kappa shape index (κ1) is 35.3. The number of anilines is 1. The molecule has 0 aliphatic rings. The van der Waals surface area contributed by atoms with Crippen LogP contribution in [0.15, 0.2) is 102 Å². The molecule has 17 heteroatoms. The molecule has 5 aromatic carbocycles. The van der Waals surface area contributed by atoms with Crippen molar-refractivity contribution in [3.8, 4) is 11.5 Å². The molecule has 0 aliphatic heterocycles. The predicted octanol–water partition coefficient (Wildman–Crippen LogP) is 7.42. The van der Waals surface area contributed by atoms with E-state index in [-0.39, 0.29) is 49.2 Å². The van der Waals surface area contributed by atoms with Crippen molar-refractivity contribution in [2.24, 2.45) is 20.5 Å². The SMILES string of the molecule is CCS(=O)(=O)c1ccc(N=Nc2c(NC)ccc3c(O)c(N=Nc4ccc5cc(S(=O)(=O)CC)cc(S(=O)(=O)O)c5c4O)ccc23)c(C)c1. The van der Waals surface area contributed by atoms with Gasteiger partial charge in [0.1, 0.15) is 22.0 Å². The van der Waals surface area contributed by atoms with Gasteiger partial charge in [0.2, 0.25) is 0 Å². The topological polar surface area (TPSA) is 225 Å². The second-order valence-electron chi connectivity index (χ2n) is 10.8. The number of hydrogen-bond acceptors (Lipinski definition) is 13. The third-order valence-electron chi connectivity index (χ3n) is 7.85. The lowest BCUT2D eigenvalue weighted by atomic mass is 10.1. The van der Waals surface area contributed by atoms with Gasteiger partial charge in [-0.2, -0.15) is 13.5 Å². The van der Waals surface area contributed by atoms with Gasteiger partial charge in [-0.3, -0.25) is 4.55 Å². The molecule has 4 N–H and O–H groups in total. The molecule has 0 unspecified atom stereocenters. The van der Waals surface area contributed by atoms with Crippen LogP contribution in [0.1, 0.15) is 19.4 Å². The molecule has 0 aromatic heterocycles. The van der Waals surface area contributed by atoms with Crippen molar-refractivity contribution in [1.29, 1.82) is 0 Å². The Morgan fingerprint density at radius 2 is 1.22 bits per heavy atom. The lowest BCUT2D eigenvalue weighted by Crippen LogP contribution is -2.07. The van der Waals surface area contributed by atoms with Crippen molar-refractivity contribution in [3.63, 3.8) is 0 Å². The van der Waals surface area contributed by atoms with Crippen LogP contribution >= 0.6 is 0 Å². The molecule has 0 bridgehead atoms.